The van der Waals surface area contributed by atoms with Gasteiger partial charge in [0, 0.05) is 56.3 Å². The van der Waals surface area contributed by atoms with Gasteiger partial charge in [0.05, 0.1) is 21.3 Å². The molecule has 0 atom stereocenters. The summed E-state index contributed by atoms with van der Waals surface area (Å²) in [7, 11) is 4.56. The molecule has 0 saturated carbocycles. The Labute approximate surface area is 186 Å². The van der Waals surface area contributed by atoms with Crippen LogP contribution >= 0.6 is 0 Å². The maximum atomic E-state index is 12.4. The van der Waals surface area contributed by atoms with Gasteiger partial charge in [0.25, 0.3) is 5.91 Å². The second kappa shape index (κ2) is 11.0. The molecule has 10 heteroatoms. The number of benzene rings is 1. The van der Waals surface area contributed by atoms with E-state index >= 15 is 0 Å². The normalized spacial score (nSPS) is 13.7. The fraction of sp³-hybridized carbons (Fsp3) is 0.364. The topological polar surface area (TPSA) is 103 Å². The molecular weight excluding hydrogens is 416 g/mol. The molecular formula is C22H26N4O6. The lowest BCUT2D eigenvalue weighted by Crippen LogP contribution is -2.50. The molecule has 32 heavy (non-hydrogen) atoms. The van der Waals surface area contributed by atoms with Gasteiger partial charge in [-0.3, -0.25) is 4.79 Å². The van der Waals surface area contributed by atoms with Gasteiger partial charge < -0.3 is 28.7 Å². The average molecular weight is 442 g/mol. The van der Waals surface area contributed by atoms with Crippen molar-refractivity contribution in [3.63, 3.8) is 0 Å². The number of hydrogen-bond donors (Lipinski definition) is 0. The number of aromatic nitrogens is 2. The first kappa shape index (κ1) is 22.9. The van der Waals surface area contributed by atoms with E-state index in [1.54, 1.807) is 35.5 Å². The van der Waals surface area contributed by atoms with E-state index in [4.69, 9.17) is 18.9 Å². The van der Waals surface area contributed by atoms with Gasteiger partial charge in [-0.2, -0.15) is 0 Å². The van der Waals surface area contributed by atoms with Crippen LogP contribution in [0.25, 0.3) is 6.08 Å². The van der Waals surface area contributed by atoms with Crippen LogP contribution in [-0.4, -0.2) is 80.9 Å². The zero-order chi connectivity index (χ0) is 22.9. The van der Waals surface area contributed by atoms with Crippen molar-refractivity contribution < 1.29 is 28.5 Å². The summed E-state index contributed by atoms with van der Waals surface area (Å²) in [4.78, 5) is 36.6. The van der Waals surface area contributed by atoms with Crippen molar-refractivity contribution in [3.8, 4) is 17.2 Å². The second-order valence-corrected chi connectivity index (χ2v) is 6.81. The summed E-state index contributed by atoms with van der Waals surface area (Å²) in [6.45, 7) is 1.92. The Balaban J connectivity index is 1.51. The zero-order valence-corrected chi connectivity index (χ0v) is 18.3. The third-order valence-corrected chi connectivity index (χ3v) is 4.94. The Morgan fingerprint density at radius 1 is 0.938 bits per heavy atom. The number of ether oxygens (including phenoxy) is 4. The molecule has 0 N–H and O–H groups in total. The lowest BCUT2D eigenvalue weighted by atomic mass is 10.1. The largest absolute Gasteiger partial charge is 0.496 e. The van der Waals surface area contributed by atoms with Crippen LogP contribution in [0, 0.1) is 0 Å². The van der Waals surface area contributed by atoms with Crippen LogP contribution in [0.5, 0.6) is 17.2 Å². The van der Waals surface area contributed by atoms with Crippen LogP contribution in [0.15, 0.2) is 36.7 Å². The number of hydrogen-bond acceptors (Lipinski definition) is 9. The van der Waals surface area contributed by atoms with Gasteiger partial charge in [0.1, 0.15) is 5.75 Å². The van der Waals surface area contributed by atoms with Crippen LogP contribution in [0.3, 0.4) is 0 Å². The second-order valence-electron chi connectivity index (χ2n) is 6.81. The minimum Gasteiger partial charge on any atom is -0.496 e. The molecule has 0 radical (unpaired) electrons. The van der Waals surface area contributed by atoms with Crippen molar-refractivity contribution in [2.75, 3.05) is 59.0 Å². The van der Waals surface area contributed by atoms with E-state index in [0.29, 0.717) is 54.9 Å². The number of amides is 1. The third kappa shape index (κ3) is 5.65. The third-order valence-electron chi connectivity index (χ3n) is 4.94. The Kier molecular flexibility index (Phi) is 7.85. The molecule has 3 rings (SSSR count). The van der Waals surface area contributed by atoms with Crippen LogP contribution in [0.2, 0.25) is 0 Å². The minimum atomic E-state index is -0.633. The van der Waals surface area contributed by atoms with Gasteiger partial charge in [0.15, 0.2) is 18.1 Å². The molecule has 0 aliphatic carbocycles. The summed E-state index contributed by atoms with van der Waals surface area (Å²) < 4.78 is 21.0. The van der Waals surface area contributed by atoms with Gasteiger partial charge in [-0.1, -0.05) is 0 Å². The first-order valence-corrected chi connectivity index (χ1v) is 10.00. The lowest BCUT2D eigenvalue weighted by molar-refractivity contribution is -0.148. The van der Waals surface area contributed by atoms with Crippen molar-refractivity contribution in [2.45, 2.75) is 0 Å². The maximum Gasteiger partial charge on any atom is 0.331 e. The van der Waals surface area contributed by atoms with E-state index in [1.165, 1.54) is 33.5 Å². The molecule has 1 amide bonds. The van der Waals surface area contributed by atoms with Gasteiger partial charge in [-0.15, -0.1) is 0 Å². The van der Waals surface area contributed by atoms with Gasteiger partial charge in [-0.05, 0) is 18.2 Å². The number of piperazine rings is 1. The Morgan fingerprint density at radius 3 is 2.19 bits per heavy atom. The summed E-state index contributed by atoms with van der Waals surface area (Å²) in [5.74, 6) is 1.27. The summed E-state index contributed by atoms with van der Waals surface area (Å²) in [6, 6.07) is 5.10. The number of nitrogens with zero attached hydrogens (tertiary/aromatic N) is 4. The van der Waals surface area contributed by atoms with Crippen LogP contribution in [-0.2, 0) is 14.3 Å². The highest BCUT2D eigenvalue weighted by Crippen LogP contribution is 2.35. The fourth-order valence-electron chi connectivity index (χ4n) is 3.22. The number of esters is 1. The van der Waals surface area contributed by atoms with Gasteiger partial charge in [-0.25, -0.2) is 14.8 Å². The first-order chi connectivity index (χ1) is 15.5. The quantitative estimate of drug-likeness (QED) is 0.443. The van der Waals surface area contributed by atoms with E-state index in [1.807, 2.05) is 4.90 Å². The number of carbonyl (C=O) groups is 2. The molecule has 10 nitrogen and oxygen atoms in total. The number of anilines is 1. The minimum absolute atomic E-state index is 0.246. The highest BCUT2D eigenvalue weighted by atomic mass is 16.5. The van der Waals surface area contributed by atoms with E-state index < -0.39 is 5.97 Å². The van der Waals surface area contributed by atoms with Crippen molar-refractivity contribution in [3.05, 3.63) is 42.2 Å². The average Bonchev–Trinajstić information content (AvgIpc) is 2.85. The van der Waals surface area contributed by atoms with Gasteiger partial charge >= 0.3 is 5.97 Å². The number of rotatable bonds is 8. The SMILES string of the molecule is COc1cc(OC)c(OC)cc1/C=C/C(=O)OCC(=O)N1CCN(c2ncccn2)CC1. The number of methoxy groups -OCH3 is 3. The summed E-state index contributed by atoms with van der Waals surface area (Å²) in [5.41, 5.74) is 0.604. The van der Waals surface area contributed by atoms with E-state index in [9.17, 15) is 9.59 Å². The number of carbonyl (C=O) groups excluding carboxylic acids is 2. The molecule has 1 aliphatic heterocycles. The predicted octanol–water partition coefficient (Wildman–Crippen LogP) is 1.41. The van der Waals surface area contributed by atoms with E-state index in [2.05, 4.69) is 9.97 Å². The van der Waals surface area contributed by atoms with Crippen LogP contribution < -0.4 is 19.1 Å². The van der Waals surface area contributed by atoms with Crippen molar-refractivity contribution in [1.82, 2.24) is 14.9 Å². The Hall–Kier alpha value is -3.82. The van der Waals surface area contributed by atoms with Crippen LogP contribution in [0.1, 0.15) is 5.56 Å². The molecule has 0 bridgehead atoms. The maximum absolute atomic E-state index is 12.4. The standard InChI is InChI=1S/C22H26N4O6/c1-29-17-14-19(31-3)18(30-2)13-16(17)5-6-21(28)32-15-20(27)25-9-11-26(12-10-25)22-23-7-4-8-24-22/h4-8,13-14H,9-12,15H2,1-3H3/b6-5+. The molecule has 1 aliphatic rings. The van der Waals surface area contributed by atoms with E-state index in [0.717, 1.165) is 0 Å². The van der Waals surface area contributed by atoms with Gasteiger partial charge in [0.2, 0.25) is 5.95 Å². The predicted molar refractivity (Wildman–Crippen MR) is 117 cm³/mol. The summed E-state index contributed by atoms with van der Waals surface area (Å²) in [5, 5.41) is 0. The summed E-state index contributed by atoms with van der Waals surface area (Å²) in [6.07, 6.45) is 6.14. The zero-order valence-electron chi connectivity index (χ0n) is 18.3. The lowest BCUT2D eigenvalue weighted by Gasteiger charge is -2.34. The molecule has 170 valence electrons. The molecule has 1 aromatic heterocycles. The fourth-order valence-corrected chi connectivity index (χ4v) is 3.22. The van der Waals surface area contributed by atoms with Crippen molar-refractivity contribution in [2.24, 2.45) is 0 Å². The van der Waals surface area contributed by atoms with Crippen LogP contribution in [0.4, 0.5) is 5.95 Å². The molecule has 1 aromatic carbocycles. The highest BCUT2D eigenvalue weighted by molar-refractivity contribution is 5.90. The molecule has 1 fully saturated rings. The molecule has 0 unspecified atom stereocenters. The smallest absolute Gasteiger partial charge is 0.331 e. The summed E-state index contributed by atoms with van der Waals surface area (Å²) >= 11 is 0. The van der Waals surface area contributed by atoms with Crippen molar-refractivity contribution in [1.29, 1.82) is 0 Å². The monoisotopic (exact) mass is 442 g/mol. The van der Waals surface area contributed by atoms with Crippen molar-refractivity contribution >= 4 is 23.9 Å². The highest BCUT2D eigenvalue weighted by Gasteiger charge is 2.23. The Bertz CT molecular complexity index is 958. The Morgan fingerprint density at radius 2 is 1.56 bits per heavy atom. The van der Waals surface area contributed by atoms with E-state index in [-0.39, 0.29) is 12.5 Å². The molecule has 1 saturated heterocycles. The first-order valence-electron chi connectivity index (χ1n) is 10.00. The molecule has 0 spiro atoms. The molecule has 2 heterocycles. The molecule has 2 aromatic rings.